The average Bonchev–Trinajstić information content (AvgIpc) is 2.36. The van der Waals surface area contributed by atoms with Crippen molar-refractivity contribution in [2.75, 3.05) is 46.0 Å². The van der Waals surface area contributed by atoms with E-state index in [2.05, 4.69) is 5.32 Å². The number of nitrogens with zero attached hydrogens (tertiary/aromatic N) is 2. The van der Waals surface area contributed by atoms with E-state index in [1.807, 2.05) is 0 Å². The summed E-state index contributed by atoms with van der Waals surface area (Å²) in [6.07, 6.45) is 1.02. The number of carbonyl (C=O) groups is 2. The van der Waals surface area contributed by atoms with Crippen LogP contribution in [0.1, 0.15) is 6.92 Å². The molecule has 1 atom stereocenters. The summed E-state index contributed by atoms with van der Waals surface area (Å²) in [5.74, 6) is -0.705. The Morgan fingerprint density at radius 3 is 2.32 bits per heavy atom. The minimum Gasteiger partial charge on any atom is -0.339 e. The lowest BCUT2D eigenvalue weighted by Crippen LogP contribution is -2.51. The molecule has 1 rings (SSSR count). The summed E-state index contributed by atoms with van der Waals surface area (Å²) in [4.78, 5) is 26.7. The van der Waals surface area contributed by atoms with Crippen molar-refractivity contribution in [3.63, 3.8) is 0 Å². The summed E-state index contributed by atoms with van der Waals surface area (Å²) >= 11 is 0. The fourth-order valence-electron chi connectivity index (χ4n) is 1.79. The van der Waals surface area contributed by atoms with Gasteiger partial charge in [-0.1, -0.05) is 0 Å². The van der Waals surface area contributed by atoms with Gasteiger partial charge in [0.25, 0.3) is 0 Å². The Morgan fingerprint density at radius 2 is 1.84 bits per heavy atom. The second-order valence-corrected chi connectivity index (χ2v) is 7.16. The summed E-state index contributed by atoms with van der Waals surface area (Å²) in [7, 11) is -1.99. The first-order valence-corrected chi connectivity index (χ1v) is 8.11. The van der Waals surface area contributed by atoms with E-state index in [9.17, 15) is 18.0 Å². The van der Waals surface area contributed by atoms with Gasteiger partial charge in [-0.05, 0) is 6.92 Å². The van der Waals surface area contributed by atoms with Crippen molar-refractivity contribution in [3.8, 4) is 0 Å². The molecule has 1 saturated heterocycles. The number of hydrogen-bond acceptors (Lipinski definition) is 5. The molecule has 1 aliphatic rings. The highest BCUT2D eigenvalue weighted by molar-refractivity contribution is 7.92. The molecule has 0 spiro atoms. The molecule has 1 aliphatic heterocycles. The molecule has 0 aromatic rings. The maximum Gasteiger partial charge on any atom is 0.242 e. The van der Waals surface area contributed by atoms with Gasteiger partial charge in [0.2, 0.25) is 11.8 Å². The summed E-state index contributed by atoms with van der Waals surface area (Å²) in [5.41, 5.74) is 0. The van der Waals surface area contributed by atoms with Crippen LogP contribution in [0, 0.1) is 0 Å². The van der Waals surface area contributed by atoms with Crippen molar-refractivity contribution in [2.45, 2.75) is 12.2 Å². The first kappa shape index (κ1) is 15.9. The van der Waals surface area contributed by atoms with E-state index in [1.165, 1.54) is 18.9 Å². The van der Waals surface area contributed by atoms with Gasteiger partial charge in [0.1, 0.15) is 5.25 Å². The molecular weight excluding hydrogens is 270 g/mol. The van der Waals surface area contributed by atoms with Crippen LogP contribution in [0.3, 0.4) is 0 Å². The Morgan fingerprint density at radius 1 is 1.32 bits per heavy atom. The topological polar surface area (TPSA) is 86.8 Å². The first-order chi connectivity index (χ1) is 8.73. The maximum absolute atomic E-state index is 11.9. The summed E-state index contributed by atoms with van der Waals surface area (Å²) in [6.45, 7) is 3.96. The van der Waals surface area contributed by atoms with E-state index < -0.39 is 21.0 Å². The molecule has 8 heteroatoms. The Balaban J connectivity index is 2.56. The lowest BCUT2D eigenvalue weighted by Gasteiger charge is -2.29. The molecule has 0 bridgehead atoms. The van der Waals surface area contributed by atoms with Gasteiger partial charge in [-0.25, -0.2) is 8.42 Å². The van der Waals surface area contributed by atoms with Gasteiger partial charge >= 0.3 is 0 Å². The largest absolute Gasteiger partial charge is 0.339 e. The zero-order chi connectivity index (χ0) is 14.6. The van der Waals surface area contributed by atoms with Crippen molar-refractivity contribution < 1.29 is 18.0 Å². The van der Waals surface area contributed by atoms with E-state index in [0.29, 0.717) is 13.1 Å². The van der Waals surface area contributed by atoms with Crippen LogP contribution in [0.25, 0.3) is 0 Å². The minimum atomic E-state index is -3.43. The normalized spacial score (nSPS) is 17.9. The minimum absolute atomic E-state index is 0.0846. The molecule has 0 aliphatic carbocycles. The molecular formula is C11H21N3O4S. The molecule has 1 fully saturated rings. The fraction of sp³-hybridized carbons (Fsp3) is 0.818. The Kier molecular flexibility index (Phi) is 5.30. The van der Waals surface area contributed by atoms with Crippen LogP contribution in [-0.4, -0.2) is 81.3 Å². The van der Waals surface area contributed by atoms with E-state index in [-0.39, 0.29) is 12.5 Å². The lowest BCUT2D eigenvalue weighted by atomic mass is 10.3. The van der Waals surface area contributed by atoms with Crippen molar-refractivity contribution in [1.82, 2.24) is 15.1 Å². The Hall–Kier alpha value is -1.15. The van der Waals surface area contributed by atoms with Crippen molar-refractivity contribution in [3.05, 3.63) is 0 Å². The van der Waals surface area contributed by atoms with E-state index in [4.69, 9.17) is 0 Å². The Labute approximate surface area is 113 Å². The number of sulfone groups is 1. The van der Waals surface area contributed by atoms with Crippen molar-refractivity contribution in [1.29, 1.82) is 0 Å². The molecule has 0 aromatic heterocycles. The van der Waals surface area contributed by atoms with Crippen molar-refractivity contribution >= 4 is 21.7 Å². The van der Waals surface area contributed by atoms with E-state index in [1.54, 1.807) is 4.90 Å². The second-order valence-electron chi connectivity index (χ2n) is 4.80. The fourth-order valence-corrected chi connectivity index (χ4v) is 2.33. The quantitative estimate of drug-likeness (QED) is 0.668. The third kappa shape index (κ3) is 4.46. The van der Waals surface area contributed by atoms with Gasteiger partial charge in [-0.15, -0.1) is 0 Å². The smallest absolute Gasteiger partial charge is 0.242 e. The van der Waals surface area contributed by atoms with Gasteiger partial charge in [-0.3, -0.25) is 9.59 Å². The van der Waals surface area contributed by atoms with Gasteiger partial charge in [0.05, 0.1) is 6.54 Å². The third-order valence-electron chi connectivity index (χ3n) is 3.21. The second kappa shape index (κ2) is 6.33. The number of nitrogens with one attached hydrogen (secondary N) is 1. The predicted octanol–water partition coefficient (Wildman–Crippen LogP) is -1.69. The van der Waals surface area contributed by atoms with E-state index >= 15 is 0 Å². The van der Waals surface area contributed by atoms with Crippen LogP contribution in [0.5, 0.6) is 0 Å². The van der Waals surface area contributed by atoms with E-state index in [0.717, 1.165) is 19.3 Å². The predicted molar refractivity (Wildman–Crippen MR) is 71.4 cm³/mol. The van der Waals surface area contributed by atoms with Crippen LogP contribution >= 0.6 is 0 Å². The highest BCUT2D eigenvalue weighted by Gasteiger charge is 2.28. The van der Waals surface area contributed by atoms with Crippen LogP contribution in [-0.2, 0) is 19.4 Å². The number of rotatable bonds is 4. The number of amides is 2. The Bertz CT molecular complexity index is 443. The summed E-state index contributed by atoms with van der Waals surface area (Å²) in [5, 5.41) is 2.01. The standard InChI is InChI=1S/C11H21N3O4S/c1-9(19(3,17)18)11(16)13(2)8-10(15)14-6-4-12-5-7-14/h9,12H,4-8H2,1-3H3. The first-order valence-electron chi connectivity index (χ1n) is 6.16. The molecule has 0 aromatic carbocycles. The summed E-state index contributed by atoms with van der Waals surface area (Å²) in [6, 6.07) is 0. The number of likely N-dealkylation sites (N-methyl/N-ethyl adjacent to an activating group) is 1. The van der Waals surface area contributed by atoms with Crippen LogP contribution < -0.4 is 5.32 Å². The van der Waals surface area contributed by atoms with Crippen LogP contribution in [0.2, 0.25) is 0 Å². The van der Waals surface area contributed by atoms with Crippen molar-refractivity contribution in [2.24, 2.45) is 0 Å². The molecule has 0 radical (unpaired) electrons. The van der Waals surface area contributed by atoms with Gasteiger partial charge < -0.3 is 15.1 Å². The summed E-state index contributed by atoms with van der Waals surface area (Å²) < 4.78 is 22.6. The molecule has 110 valence electrons. The third-order valence-corrected chi connectivity index (χ3v) is 4.69. The monoisotopic (exact) mass is 291 g/mol. The van der Waals surface area contributed by atoms with Gasteiger partial charge in [-0.2, -0.15) is 0 Å². The highest BCUT2D eigenvalue weighted by atomic mass is 32.2. The average molecular weight is 291 g/mol. The molecule has 0 saturated carbocycles. The zero-order valence-corrected chi connectivity index (χ0v) is 12.4. The van der Waals surface area contributed by atoms with Gasteiger partial charge in [0, 0.05) is 39.5 Å². The molecule has 2 amide bonds. The number of piperazine rings is 1. The highest BCUT2D eigenvalue weighted by Crippen LogP contribution is 2.04. The zero-order valence-electron chi connectivity index (χ0n) is 11.5. The maximum atomic E-state index is 11.9. The van der Waals surface area contributed by atoms with Crippen LogP contribution in [0.15, 0.2) is 0 Å². The number of carbonyl (C=O) groups excluding carboxylic acids is 2. The lowest BCUT2D eigenvalue weighted by molar-refractivity contribution is -0.139. The molecule has 1 N–H and O–H groups in total. The molecule has 19 heavy (non-hydrogen) atoms. The molecule has 1 unspecified atom stereocenters. The van der Waals surface area contributed by atoms with Gasteiger partial charge in [0.15, 0.2) is 9.84 Å². The molecule has 1 heterocycles. The molecule has 7 nitrogen and oxygen atoms in total. The number of hydrogen-bond donors (Lipinski definition) is 1. The SMILES string of the molecule is CC(C(=O)N(C)CC(=O)N1CCNCC1)S(C)(=O)=O. The van der Waals surface area contributed by atoms with Crippen LogP contribution in [0.4, 0.5) is 0 Å².